The van der Waals surface area contributed by atoms with Crippen LogP contribution in [0.3, 0.4) is 0 Å². The fourth-order valence-corrected chi connectivity index (χ4v) is 1.89. The zero-order valence-corrected chi connectivity index (χ0v) is 12.9. The summed E-state index contributed by atoms with van der Waals surface area (Å²) in [4.78, 5) is 37.2. The highest BCUT2D eigenvalue weighted by atomic mass is 32.1. The Hall–Kier alpha value is -1.74. The van der Waals surface area contributed by atoms with Crippen LogP contribution in [0, 0.1) is 0 Å². The largest absolute Gasteiger partial charge is 0.392 e. The van der Waals surface area contributed by atoms with Crippen LogP contribution < -0.4 is 16.4 Å². The molecule has 0 aromatic rings. The Labute approximate surface area is 128 Å². The Morgan fingerprint density at radius 3 is 2.67 bits per heavy atom. The van der Waals surface area contributed by atoms with E-state index >= 15 is 0 Å². The van der Waals surface area contributed by atoms with Gasteiger partial charge in [0.1, 0.15) is 6.04 Å². The number of rotatable bonds is 4. The van der Waals surface area contributed by atoms with Gasteiger partial charge in [0.2, 0.25) is 5.91 Å². The van der Waals surface area contributed by atoms with Gasteiger partial charge in [0.25, 0.3) is 0 Å². The van der Waals surface area contributed by atoms with Crippen molar-refractivity contribution < 1.29 is 19.1 Å². The van der Waals surface area contributed by atoms with Crippen LogP contribution in [0.4, 0.5) is 0 Å². The van der Waals surface area contributed by atoms with Crippen molar-refractivity contribution in [2.45, 2.75) is 25.9 Å². The molecule has 0 spiro atoms. The van der Waals surface area contributed by atoms with Crippen molar-refractivity contribution >= 4 is 34.9 Å². The topological polar surface area (TPSA) is 114 Å². The summed E-state index contributed by atoms with van der Waals surface area (Å²) in [5, 5.41) is 5.01. The molecule has 1 rings (SSSR count). The third-order valence-corrected chi connectivity index (χ3v) is 2.88. The molecule has 0 bridgehead atoms. The van der Waals surface area contributed by atoms with Crippen molar-refractivity contribution in [1.82, 2.24) is 15.5 Å². The van der Waals surface area contributed by atoms with Gasteiger partial charge in [-0.15, -0.1) is 0 Å². The van der Waals surface area contributed by atoms with Crippen LogP contribution in [-0.2, 0) is 19.1 Å². The van der Waals surface area contributed by atoms with E-state index in [4.69, 9.17) is 10.5 Å². The van der Waals surface area contributed by atoms with Gasteiger partial charge >= 0.3 is 11.8 Å². The first-order chi connectivity index (χ1) is 9.82. The molecule has 0 radical (unpaired) electrons. The van der Waals surface area contributed by atoms with Crippen LogP contribution in [-0.4, -0.2) is 66.0 Å². The van der Waals surface area contributed by atoms with Gasteiger partial charge in [0.05, 0.1) is 24.7 Å². The molecule has 118 valence electrons. The maximum atomic E-state index is 12.1. The van der Waals surface area contributed by atoms with Crippen LogP contribution in [0.15, 0.2) is 0 Å². The third-order valence-electron chi connectivity index (χ3n) is 2.74. The van der Waals surface area contributed by atoms with E-state index in [0.29, 0.717) is 0 Å². The molecule has 8 nitrogen and oxygen atoms in total. The number of thiocarbonyl (C=S) groups is 1. The molecule has 1 saturated heterocycles. The zero-order chi connectivity index (χ0) is 16.0. The third kappa shape index (κ3) is 5.27. The zero-order valence-electron chi connectivity index (χ0n) is 12.0. The molecule has 0 aliphatic carbocycles. The molecule has 9 heteroatoms. The Balaban J connectivity index is 2.71. The average Bonchev–Trinajstić information content (AvgIpc) is 2.43. The highest BCUT2D eigenvalue weighted by Gasteiger charge is 2.35. The molecule has 0 aromatic heterocycles. The second-order valence-corrected chi connectivity index (χ2v) is 5.43. The minimum atomic E-state index is -0.841. The predicted molar refractivity (Wildman–Crippen MR) is 79.4 cm³/mol. The summed E-state index contributed by atoms with van der Waals surface area (Å²) in [5.41, 5.74) is 5.26. The Morgan fingerprint density at radius 1 is 1.43 bits per heavy atom. The van der Waals surface area contributed by atoms with E-state index in [1.807, 2.05) is 13.8 Å². The Morgan fingerprint density at radius 2 is 2.10 bits per heavy atom. The molecular weight excluding hydrogens is 296 g/mol. The lowest BCUT2D eigenvalue weighted by Crippen LogP contribution is -2.59. The van der Waals surface area contributed by atoms with Gasteiger partial charge < -0.3 is 26.0 Å². The number of nitrogens with two attached hydrogens (primary N) is 1. The molecular formula is C12H20N4O4S. The summed E-state index contributed by atoms with van der Waals surface area (Å²) in [7, 11) is 0. The van der Waals surface area contributed by atoms with Gasteiger partial charge in [-0.3, -0.25) is 14.4 Å². The van der Waals surface area contributed by atoms with E-state index in [0.717, 1.165) is 0 Å². The van der Waals surface area contributed by atoms with Crippen molar-refractivity contribution in [3.8, 4) is 0 Å². The van der Waals surface area contributed by atoms with E-state index < -0.39 is 17.9 Å². The van der Waals surface area contributed by atoms with Crippen molar-refractivity contribution in [3.05, 3.63) is 0 Å². The number of amides is 3. The number of hydrogen-bond donors (Lipinski definition) is 3. The number of carbonyl (C=O) groups excluding carboxylic acids is 3. The van der Waals surface area contributed by atoms with Gasteiger partial charge in [-0.25, -0.2) is 0 Å². The van der Waals surface area contributed by atoms with Gasteiger partial charge in [0, 0.05) is 12.6 Å². The number of hydrogen-bond acceptors (Lipinski definition) is 5. The normalized spacial score (nSPS) is 18.2. The smallest absolute Gasteiger partial charge is 0.312 e. The minimum absolute atomic E-state index is 0.0624. The monoisotopic (exact) mass is 316 g/mol. The van der Waals surface area contributed by atoms with Crippen LogP contribution in [0.1, 0.15) is 13.8 Å². The summed E-state index contributed by atoms with van der Waals surface area (Å²) in [6, 6.07) is -0.885. The Bertz CT molecular complexity index is 441. The minimum Gasteiger partial charge on any atom is -0.392 e. The van der Waals surface area contributed by atoms with E-state index in [9.17, 15) is 14.4 Å². The van der Waals surface area contributed by atoms with Gasteiger partial charge in [-0.2, -0.15) is 0 Å². The van der Waals surface area contributed by atoms with Crippen LogP contribution in [0.2, 0.25) is 0 Å². The van der Waals surface area contributed by atoms with Crippen molar-refractivity contribution in [2.24, 2.45) is 5.73 Å². The molecule has 3 amide bonds. The number of ether oxygens (including phenoxy) is 1. The van der Waals surface area contributed by atoms with Crippen LogP contribution in [0.5, 0.6) is 0 Å². The number of nitrogens with one attached hydrogen (secondary N) is 2. The maximum Gasteiger partial charge on any atom is 0.312 e. The number of carbonyl (C=O) groups is 3. The molecule has 1 aliphatic heterocycles. The van der Waals surface area contributed by atoms with Gasteiger partial charge in [0.15, 0.2) is 0 Å². The molecule has 0 aromatic carbocycles. The molecule has 1 fully saturated rings. The SMILES string of the molecule is CC(C)NC(=O)C1COCCN1C(=O)C(=O)NCC(N)=S. The van der Waals surface area contributed by atoms with Crippen molar-refractivity contribution in [3.63, 3.8) is 0 Å². The van der Waals surface area contributed by atoms with Gasteiger partial charge in [-0.05, 0) is 13.8 Å². The molecule has 1 aliphatic rings. The quantitative estimate of drug-likeness (QED) is 0.414. The summed E-state index contributed by atoms with van der Waals surface area (Å²) < 4.78 is 5.22. The lowest BCUT2D eigenvalue weighted by molar-refractivity contribution is -0.155. The molecule has 1 heterocycles. The fourth-order valence-electron chi connectivity index (χ4n) is 1.82. The van der Waals surface area contributed by atoms with Crippen molar-refractivity contribution in [1.29, 1.82) is 0 Å². The summed E-state index contributed by atoms with van der Waals surface area (Å²) in [6.45, 7) is 4.07. The lowest BCUT2D eigenvalue weighted by Gasteiger charge is -2.34. The van der Waals surface area contributed by atoms with Crippen LogP contribution >= 0.6 is 12.2 Å². The van der Waals surface area contributed by atoms with E-state index in [1.165, 1.54) is 4.90 Å². The number of morpholine rings is 1. The van der Waals surface area contributed by atoms with E-state index in [2.05, 4.69) is 22.9 Å². The van der Waals surface area contributed by atoms with Crippen molar-refractivity contribution in [2.75, 3.05) is 26.3 Å². The predicted octanol–water partition coefficient (Wildman–Crippen LogP) is -1.86. The highest BCUT2D eigenvalue weighted by Crippen LogP contribution is 2.08. The molecule has 0 saturated carbocycles. The lowest BCUT2D eigenvalue weighted by atomic mass is 10.2. The summed E-state index contributed by atoms with van der Waals surface area (Å²) in [6.07, 6.45) is 0. The van der Waals surface area contributed by atoms with E-state index in [-0.39, 0.29) is 43.2 Å². The second-order valence-electron chi connectivity index (χ2n) is 4.90. The molecule has 1 unspecified atom stereocenters. The molecule has 1 atom stereocenters. The second kappa shape index (κ2) is 7.89. The maximum absolute atomic E-state index is 12.1. The summed E-state index contributed by atoms with van der Waals surface area (Å²) in [5.74, 6) is -1.98. The van der Waals surface area contributed by atoms with E-state index in [1.54, 1.807) is 0 Å². The van der Waals surface area contributed by atoms with Gasteiger partial charge in [-0.1, -0.05) is 12.2 Å². The average molecular weight is 316 g/mol. The standard InChI is InChI=1S/C12H20N4O4S/c1-7(2)15-10(17)8-6-20-4-3-16(8)12(19)11(18)14-5-9(13)21/h7-8H,3-6H2,1-2H3,(H2,13,21)(H,14,18)(H,15,17). The fraction of sp³-hybridized carbons (Fsp3) is 0.667. The molecule has 21 heavy (non-hydrogen) atoms. The molecule has 4 N–H and O–H groups in total. The Kier molecular flexibility index (Phi) is 6.50. The first-order valence-corrected chi connectivity index (χ1v) is 6.99. The first kappa shape index (κ1) is 17.3. The number of nitrogens with zero attached hydrogens (tertiary/aromatic N) is 1. The highest BCUT2D eigenvalue weighted by molar-refractivity contribution is 7.80. The van der Waals surface area contributed by atoms with Crippen LogP contribution in [0.25, 0.3) is 0 Å². The summed E-state index contributed by atoms with van der Waals surface area (Å²) >= 11 is 4.62. The first-order valence-electron chi connectivity index (χ1n) is 6.58.